The van der Waals surface area contributed by atoms with Gasteiger partial charge in [0.2, 0.25) is 10.0 Å². The fourth-order valence-electron chi connectivity index (χ4n) is 2.21. The van der Waals surface area contributed by atoms with Gasteiger partial charge in [-0.2, -0.15) is 4.31 Å². The van der Waals surface area contributed by atoms with Crippen molar-refractivity contribution in [3.63, 3.8) is 0 Å². The van der Waals surface area contributed by atoms with E-state index in [4.69, 9.17) is 21.8 Å². The molecule has 1 aromatic heterocycles. The van der Waals surface area contributed by atoms with Crippen LogP contribution >= 0.6 is 11.6 Å². The van der Waals surface area contributed by atoms with E-state index in [1.807, 2.05) is 0 Å². The lowest BCUT2D eigenvalue weighted by atomic mass is 10.3. The number of anilines is 1. The standard InChI is InChI=1S/C14H15ClN2O3S/c15-10-3-6-14(13(16)8-10)21(18,19)17(11-4-5-11)9-12-2-1-7-20-12/h1-3,6-8,11H,4-5,9,16H2. The molecule has 0 saturated heterocycles. The van der Waals surface area contributed by atoms with E-state index in [1.54, 1.807) is 12.1 Å². The maximum absolute atomic E-state index is 12.8. The van der Waals surface area contributed by atoms with Crippen molar-refractivity contribution in [2.75, 3.05) is 5.73 Å². The Morgan fingerprint density at radius 1 is 1.33 bits per heavy atom. The molecule has 0 radical (unpaired) electrons. The molecular formula is C14H15ClN2O3S. The van der Waals surface area contributed by atoms with E-state index in [1.165, 1.54) is 28.8 Å². The van der Waals surface area contributed by atoms with E-state index in [0.717, 1.165) is 12.8 Å². The number of benzene rings is 1. The monoisotopic (exact) mass is 326 g/mol. The summed E-state index contributed by atoms with van der Waals surface area (Å²) in [6.07, 6.45) is 3.24. The van der Waals surface area contributed by atoms with Crippen molar-refractivity contribution in [3.8, 4) is 0 Å². The van der Waals surface area contributed by atoms with Crippen molar-refractivity contribution < 1.29 is 12.8 Å². The number of nitrogen functional groups attached to an aromatic ring is 1. The van der Waals surface area contributed by atoms with Gasteiger partial charge in [-0.1, -0.05) is 11.6 Å². The molecule has 1 aliphatic carbocycles. The lowest BCUT2D eigenvalue weighted by Gasteiger charge is -2.21. The van der Waals surface area contributed by atoms with Gasteiger partial charge in [0.05, 0.1) is 18.5 Å². The lowest BCUT2D eigenvalue weighted by molar-refractivity contribution is 0.357. The molecule has 0 bridgehead atoms. The fourth-order valence-corrected chi connectivity index (χ4v) is 4.14. The second-order valence-electron chi connectivity index (χ2n) is 5.04. The summed E-state index contributed by atoms with van der Waals surface area (Å²) in [5.74, 6) is 0.609. The number of hydrogen-bond acceptors (Lipinski definition) is 4. The van der Waals surface area contributed by atoms with Gasteiger partial charge in [-0.3, -0.25) is 0 Å². The highest BCUT2D eigenvalue weighted by Gasteiger charge is 2.39. The van der Waals surface area contributed by atoms with E-state index in [-0.39, 0.29) is 23.2 Å². The Balaban J connectivity index is 1.97. The SMILES string of the molecule is Nc1cc(Cl)ccc1S(=O)(=O)N(Cc1ccco1)C1CC1. The zero-order valence-corrected chi connectivity index (χ0v) is 12.8. The van der Waals surface area contributed by atoms with Gasteiger partial charge in [-0.15, -0.1) is 0 Å². The van der Waals surface area contributed by atoms with Gasteiger partial charge in [0, 0.05) is 11.1 Å². The smallest absolute Gasteiger partial charge is 0.245 e. The van der Waals surface area contributed by atoms with Gasteiger partial charge in [0.25, 0.3) is 0 Å². The predicted molar refractivity (Wildman–Crippen MR) is 80.3 cm³/mol. The molecule has 1 aromatic carbocycles. The van der Waals surface area contributed by atoms with Crippen molar-refractivity contribution in [1.29, 1.82) is 0 Å². The molecule has 0 atom stereocenters. The Hall–Kier alpha value is -1.50. The van der Waals surface area contributed by atoms with Gasteiger partial charge in [-0.05, 0) is 43.2 Å². The first kappa shape index (κ1) is 14.4. The molecular weight excluding hydrogens is 312 g/mol. The summed E-state index contributed by atoms with van der Waals surface area (Å²) >= 11 is 5.83. The molecule has 0 amide bonds. The highest BCUT2D eigenvalue weighted by Crippen LogP contribution is 2.35. The summed E-state index contributed by atoms with van der Waals surface area (Å²) in [6, 6.07) is 7.94. The van der Waals surface area contributed by atoms with Crippen molar-refractivity contribution in [1.82, 2.24) is 4.31 Å². The third-order valence-corrected chi connectivity index (χ3v) is 5.61. The minimum Gasteiger partial charge on any atom is -0.468 e. The highest BCUT2D eigenvalue weighted by atomic mass is 35.5. The minimum absolute atomic E-state index is 0.00942. The zero-order valence-electron chi connectivity index (χ0n) is 11.2. The van der Waals surface area contributed by atoms with Crippen LogP contribution < -0.4 is 5.73 Å². The average Bonchev–Trinajstić information content (AvgIpc) is 3.11. The summed E-state index contributed by atoms with van der Waals surface area (Å²) in [5, 5.41) is 0.412. The number of hydrogen-bond donors (Lipinski definition) is 1. The molecule has 3 rings (SSSR count). The molecule has 2 aromatic rings. The van der Waals surface area contributed by atoms with E-state index < -0.39 is 10.0 Å². The summed E-state index contributed by atoms with van der Waals surface area (Å²) in [4.78, 5) is 0.0883. The number of nitrogens with zero attached hydrogens (tertiary/aromatic N) is 1. The van der Waals surface area contributed by atoms with Crippen LogP contribution in [0.5, 0.6) is 0 Å². The topological polar surface area (TPSA) is 76.5 Å². The first-order valence-electron chi connectivity index (χ1n) is 6.58. The van der Waals surface area contributed by atoms with Gasteiger partial charge in [-0.25, -0.2) is 8.42 Å². The van der Waals surface area contributed by atoms with Crippen molar-refractivity contribution in [3.05, 3.63) is 47.4 Å². The average molecular weight is 327 g/mol. The van der Waals surface area contributed by atoms with Crippen LogP contribution in [0.3, 0.4) is 0 Å². The zero-order chi connectivity index (χ0) is 15.0. The van der Waals surface area contributed by atoms with Crippen LogP contribution in [-0.4, -0.2) is 18.8 Å². The Kier molecular flexibility index (Phi) is 3.69. The summed E-state index contributed by atoms with van der Waals surface area (Å²) in [7, 11) is -3.67. The van der Waals surface area contributed by atoms with Crippen molar-refractivity contribution in [2.45, 2.75) is 30.3 Å². The Bertz CT molecular complexity index is 740. The maximum Gasteiger partial charge on any atom is 0.245 e. The first-order valence-corrected chi connectivity index (χ1v) is 8.39. The number of furan rings is 1. The molecule has 1 aliphatic rings. The molecule has 21 heavy (non-hydrogen) atoms. The maximum atomic E-state index is 12.8. The Morgan fingerprint density at radius 2 is 2.10 bits per heavy atom. The number of nitrogens with two attached hydrogens (primary N) is 1. The Morgan fingerprint density at radius 3 is 2.67 bits per heavy atom. The van der Waals surface area contributed by atoms with Crippen LogP contribution in [0.1, 0.15) is 18.6 Å². The third-order valence-electron chi connectivity index (χ3n) is 3.40. The van der Waals surface area contributed by atoms with Crippen LogP contribution in [-0.2, 0) is 16.6 Å². The molecule has 7 heteroatoms. The quantitative estimate of drug-likeness (QED) is 0.857. The van der Waals surface area contributed by atoms with E-state index in [2.05, 4.69) is 0 Å². The highest BCUT2D eigenvalue weighted by molar-refractivity contribution is 7.89. The predicted octanol–water partition coefficient (Wildman–Crippen LogP) is 2.87. The molecule has 1 saturated carbocycles. The van der Waals surface area contributed by atoms with Gasteiger partial charge in [0.15, 0.2) is 0 Å². The number of rotatable bonds is 5. The van der Waals surface area contributed by atoms with Crippen molar-refractivity contribution >= 4 is 27.3 Å². The lowest BCUT2D eigenvalue weighted by Crippen LogP contribution is -2.33. The molecule has 5 nitrogen and oxygen atoms in total. The molecule has 0 unspecified atom stereocenters. The second kappa shape index (κ2) is 5.36. The van der Waals surface area contributed by atoms with Crippen LogP contribution in [0.4, 0.5) is 5.69 Å². The normalized spacial score (nSPS) is 15.5. The summed E-state index contributed by atoms with van der Waals surface area (Å²) in [5.41, 5.74) is 5.99. The van der Waals surface area contributed by atoms with Gasteiger partial charge < -0.3 is 10.2 Å². The number of sulfonamides is 1. The molecule has 112 valence electrons. The molecule has 1 fully saturated rings. The van der Waals surface area contributed by atoms with Crippen molar-refractivity contribution in [2.24, 2.45) is 0 Å². The minimum atomic E-state index is -3.67. The van der Waals surface area contributed by atoms with Gasteiger partial charge >= 0.3 is 0 Å². The van der Waals surface area contributed by atoms with Crippen LogP contribution in [0.25, 0.3) is 0 Å². The van der Waals surface area contributed by atoms with E-state index in [9.17, 15) is 8.42 Å². The fraction of sp³-hybridized carbons (Fsp3) is 0.286. The molecule has 1 heterocycles. The van der Waals surface area contributed by atoms with Crippen LogP contribution in [0, 0.1) is 0 Å². The molecule has 0 aliphatic heterocycles. The van der Waals surface area contributed by atoms with E-state index in [0.29, 0.717) is 10.8 Å². The first-order chi connectivity index (χ1) is 9.98. The Labute approximate surface area is 128 Å². The summed E-state index contributed by atoms with van der Waals surface area (Å²) in [6.45, 7) is 0.210. The summed E-state index contributed by atoms with van der Waals surface area (Å²) < 4.78 is 32.4. The van der Waals surface area contributed by atoms with Crippen LogP contribution in [0.15, 0.2) is 45.9 Å². The number of halogens is 1. The largest absolute Gasteiger partial charge is 0.468 e. The van der Waals surface area contributed by atoms with Gasteiger partial charge in [0.1, 0.15) is 10.7 Å². The second-order valence-corrected chi connectivity index (χ2v) is 7.34. The third kappa shape index (κ3) is 2.92. The molecule has 0 spiro atoms. The molecule has 2 N–H and O–H groups in total. The van der Waals surface area contributed by atoms with Crippen LogP contribution in [0.2, 0.25) is 5.02 Å². The van der Waals surface area contributed by atoms with E-state index >= 15 is 0 Å².